The summed E-state index contributed by atoms with van der Waals surface area (Å²) in [4.78, 5) is 27.2. The van der Waals surface area contributed by atoms with Crippen LogP contribution < -0.4 is 10.1 Å². The van der Waals surface area contributed by atoms with E-state index in [2.05, 4.69) is 20.3 Å². The number of aryl methyl sites for hydroxylation is 1. The molecule has 0 saturated carbocycles. The van der Waals surface area contributed by atoms with Crippen molar-refractivity contribution >= 4 is 17.4 Å². The molecule has 0 spiro atoms. The van der Waals surface area contributed by atoms with Crippen LogP contribution in [-0.2, 0) is 6.42 Å². The van der Waals surface area contributed by atoms with Crippen molar-refractivity contribution < 1.29 is 9.53 Å². The standard InChI is InChI=1S/C22H25N5O2/c1-4-29-19-7-5-18(6-8-19)26-21-15-20(24-16(2)25-21)22(28)27(3)14-11-17-9-12-23-13-10-17/h5-10,12-13,15H,4,11,14H2,1-3H3,(H,24,25,26). The third kappa shape index (κ3) is 5.75. The van der Waals surface area contributed by atoms with Crippen LogP contribution in [0.15, 0.2) is 54.9 Å². The summed E-state index contributed by atoms with van der Waals surface area (Å²) in [6.45, 7) is 4.94. The maximum Gasteiger partial charge on any atom is 0.272 e. The van der Waals surface area contributed by atoms with Crippen molar-refractivity contribution in [2.24, 2.45) is 0 Å². The smallest absolute Gasteiger partial charge is 0.272 e. The molecule has 3 aromatic rings. The van der Waals surface area contributed by atoms with E-state index < -0.39 is 0 Å². The second kappa shape index (κ2) is 9.64. The molecule has 0 fully saturated rings. The Labute approximate surface area is 170 Å². The van der Waals surface area contributed by atoms with Gasteiger partial charge in [-0.15, -0.1) is 0 Å². The van der Waals surface area contributed by atoms with Gasteiger partial charge >= 0.3 is 0 Å². The monoisotopic (exact) mass is 391 g/mol. The molecular formula is C22H25N5O2. The minimum Gasteiger partial charge on any atom is -0.494 e. The zero-order valence-electron chi connectivity index (χ0n) is 16.9. The predicted molar refractivity (Wildman–Crippen MR) is 113 cm³/mol. The van der Waals surface area contributed by atoms with E-state index in [0.29, 0.717) is 30.5 Å². The first-order valence-electron chi connectivity index (χ1n) is 9.55. The van der Waals surface area contributed by atoms with Crippen LogP contribution in [0.1, 0.15) is 28.8 Å². The third-order valence-electron chi connectivity index (χ3n) is 4.33. The molecule has 2 aromatic heterocycles. The van der Waals surface area contributed by atoms with Crippen molar-refractivity contribution in [3.8, 4) is 5.75 Å². The minimum absolute atomic E-state index is 0.140. The van der Waals surface area contributed by atoms with E-state index in [1.807, 2.05) is 43.3 Å². The number of amides is 1. The van der Waals surface area contributed by atoms with Gasteiger partial charge in [0.1, 0.15) is 23.1 Å². The molecule has 0 saturated heterocycles. The number of nitrogens with one attached hydrogen (secondary N) is 1. The highest BCUT2D eigenvalue weighted by molar-refractivity contribution is 5.93. The number of anilines is 2. The molecule has 3 rings (SSSR count). The van der Waals surface area contributed by atoms with Crippen LogP contribution in [0.4, 0.5) is 11.5 Å². The van der Waals surface area contributed by atoms with Crippen LogP contribution in [0.2, 0.25) is 0 Å². The molecule has 0 radical (unpaired) electrons. The van der Waals surface area contributed by atoms with Gasteiger partial charge in [0.25, 0.3) is 5.91 Å². The molecule has 1 aromatic carbocycles. The topological polar surface area (TPSA) is 80.2 Å². The van der Waals surface area contributed by atoms with E-state index in [4.69, 9.17) is 4.74 Å². The lowest BCUT2D eigenvalue weighted by Crippen LogP contribution is -2.30. The Kier molecular flexibility index (Phi) is 6.73. The van der Waals surface area contributed by atoms with Gasteiger partial charge in [0, 0.05) is 37.7 Å². The molecule has 0 bridgehead atoms. The van der Waals surface area contributed by atoms with Crippen molar-refractivity contribution in [3.63, 3.8) is 0 Å². The van der Waals surface area contributed by atoms with Gasteiger partial charge in [-0.3, -0.25) is 9.78 Å². The number of aromatic nitrogens is 3. The Morgan fingerprint density at radius 3 is 2.52 bits per heavy atom. The lowest BCUT2D eigenvalue weighted by atomic mass is 10.2. The summed E-state index contributed by atoms with van der Waals surface area (Å²) >= 11 is 0. The second-order valence-corrected chi connectivity index (χ2v) is 6.60. The van der Waals surface area contributed by atoms with Gasteiger partial charge in [-0.05, 0) is 62.2 Å². The van der Waals surface area contributed by atoms with Crippen molar-refractivity contribution in [2.75, 3.05) is 25.5 Å². The number of carbonyl (C=O) groups is 1. The average Bonchev–Trinajstić information content (AvgIpc) is 2.73. The lowest BCUT2D eigenvalue weighted by molar-refractivity contribution is 0.0790. The summed E-state index contributed by atoms with van der Waals surface area (Å²) in [5.74, 6) is 1.78. The number of carbonyl (C=O) groups excluding carboxylic acids is 1. The van der Waals surface area contributed by atoms with Crippen molar-refractivity contribution in [1.29, 1.82) is 0 Å². The molecule has 7 nitrogen and oxygen atoms in total. The quantitative estimate of drug-likeness (QED) is 0.631. The number of ether oxygens (including phenoxy) is 1. The highest BCUT2D eigenvalue weighted by Gasteiger charge is 2.15. The maximum atomic E-state index is 12.8. The number of rotatable bonds is 8. The average molecular weight is 391 g/mol. The molecule has 2 heterocycles. The molecule has 7 heteroatoms. The van der Waals surface area contributed by atoms with E-state index in [0.717, 1.165) is 23.4 Å². The van der Waals surface area contributed by atoms with E-state index in [1.54, 1.807) is 37.3 Å². The first-order valence-corrected chi connectivity index (χ1v) is 9.55. The third-order valence-corrected chi connectivity index (χ3v) is 4.33. The summed E-state index contributed by atoms with van der Waals surface area (Å²) < 4.78 is 5.45. The van der Waals surface area contributed by atoms with Crippen LogP contribution in [0, 0.1) is 6.92 Å². The zero-order valence-corrected chi connectivity index (χ0v) is 16.9. The van der Waals surface area contributed by atoms with E-state index >= 15 is 0 Å². The molecule has 0 aliphatic carbocycles. The minimum atomic E-state index is -0.140. The zero-order chi connectivity index (χ0) is 20.6. The molecular weight excluding hydrogens is 366 g/mol. The number of hydrogen-bond donors (Lipinski definition) is 1. The fraction of sp³-hybridized carbons (Fsp3) is 0.273. The molecule has 150 valence electrons. The SMILES string of the molecule is CCOc1ccc(Nc2cc(C(=O)N(C)CCc3ccncc3)nc(C)n2)cc1. The van der Waals surface area contributed by atoms with E-state index in [-0.39, 0.29) is 5.91 Å². The second-order valence-electron chi connectivity index (χ2n) is 6.60. The number of hydrogen-bond acceptors (Lipinski definition) is 6. The van der Waals surface area contributed by atoms with Crippen LogP contribution >= 0.6 is 0 Å². The number of pyridine rings is 1. The highest BCUT2D eigenvalue weighted by atomic mass is 16.5. The first kappa shape index (κ1) is 20.3. The largest absolute Gasteiger partial charge is 0.494 e. The fourth-order valence-electron chi connectivity index (χ4n) is 2.83. The molecule has 0 aliphatic heterocycles. The number of benzene rings is 1. The highest BCUT2D eigenvalue weighted by Crippen LogP contribution is 2.20. The van der Waals surface area contributed by atoms with Gasteiger partial charge in [-0.1, -0.05) is 0 Å². The maximum absolute atomic E-state index is 12.8. The summed E-state index contributed by atoms with van der Waals surface area (Å²) in [6.07, 6.45) is 4.26. The van der Waals surface area contributed by atoms with Crippen LogP contribution in [0.25, 0.3) is 0 Å². The molecule has 1 N–H and O–H groups in total. The van der Waals surface area contributed by atoms with Gasteiger partial charge in [-0.2, -0.15) is 0 Å². The predicted octanol–water partition coefficient (Wildman–Crippen LogP) is 3.64. The fourth-order valence-corrected chi connectivity index (χ4v) is 2.83. The van der Waals surface area contributed by atoms with Crippen molar-refractivity contribution in [2.45, 2.75) is 20.3 Å². The van der Waals surface area contributed by atoms with Crippen molar-refractivity contribution in [3.05, 3.63) is 71.9 Å². The lowest BCUT2D eigenvalue weighted by Gasteiger charge is -2.17. The number of likely N-dealkylation sites (N-methyl/N-ethyl adjacent to an activating group) is 1. The van der Waals surface area contributed by atoms with Gasteiger partial charge < -0.3 is 15.0 Å². The van der Waals surface area contributed by atoms with Crippen molar-refractivity contribution in [1.82, 2.24) is 19.9 Å². The Balaban J connectivity index is 1.67. The van der Waals surface area contributed by atoms with Crippen LogP contribution in [-0.4, -0.2) is 46.0 Å². The van der Waals surface area contributed by atoms with Crippen LogP contribution in [0.5, 0.6) is 5.75 Å². The van der Waals surface area contributed by atoms with Gasteiger partial charge in [0.2, 0.25) is 0 Å². The van der Waals surface area contributed by atoms with E-state index in [1.165, 1.54) is 0 Å². The summed E-state index contributed by atoms with van der Waals surface area (Å²) in [5, 5.41) is 3.22. The number of nitrogens with zero attached hydrogens (tertiary/aromatic N) is 4. The van der Waals surface area contributed by atoms with Gasteiger partial charge in [-0.25, -0.2) is 9.97 Å². The summed E-state index contributed by atoms with van der Waals surface area (Å²) in [6, 6.07) is 13.2. The Bertz CT molecular complexity index is 945. The normalized spacial score (nSPS) is 10.4. The molecule has 1 amide bonds. The van der Waals surface area contributed by atoms with Gasteiger partial charge in [0.05, 0.1) is 6.61 Å². The Morgan fingerprint density at radius 1 is 1.10 bits per heavy atom. The summed E-state index contributed by atoms with van der Waals surface area (Å²) in [7, 11) is 1.78. The first-order chi connectivity index (χ1) is 14.0. The summed E-state index contributed by atoms with van der Waals surface area (Å²) in [5.41, 5.74) is 2.36. The molecule has 29 heavy (non-hydrogen) atoms. The molecule has 0 unspecified atom stereocenters. The molecule has 0 atom stereocenters. The Hall–Kier alpha value is -3.48. The Morgan fingerprint density at radius 2 is 1.83 bits per heavy atom. The van der Waals surface area contributed by atoms with Crippen LogP contribution in [0.3, 0.4) is 0 Å². The molecule has 0 aliphatic rings. The van der Waals surface area contributed by atoms with Gasteiger partial charge in [0.15, 0.2) is 0 Å². The van der Waals surface area contributed by atoms with E-state index in [9.17, 15) is 4.79 Å².